The van der Waals surface area contributed by atoms with Crippen LogP contribution < -0.4 is 0 Å². The molecule has 3 nitrogen and oxygen atoms in total. The quantitative estimate of drug-likeness (QED) is 0.613. The van der Waals surface area contributed by atoms with Crippen LogP contribution in [0.15, 0.2) is 41.7 Å². The monoisotopic (exact) mass is 300 g/mol. The fourth-order valence-electron chi connectivity index (χ4n) is 2.30. The van der Waals surface area contributed by atoms with Gasteiger partial charge in [0.25, 0.3) is 0 Å². The first-order valence-electron chi connectivity index (χ1n) is 6.55. The number of esters is 1. The third-order valence-corrected chi connectivity index (χ3v) is 3.09. The van der Waals surface area contributed by atoms with E-state index < -0.39 is 24.0 Å². The highest BCUT2D eigenvalue weighted by Gasteiger charge is 2.42. The van der Waals surface area contributed by atoms with Gasteiger partial charge in [-0.25, -0.2) is 0 Å². The lowest BCUT2D eigenvalue weighted by molar-refractivity contribution is -0.160. The number of carbonyl (C=O) groups excluding carboxylic acids is 1. The topological polar surface area (TPSA) is 35.5 Å². The van der Waals surface area contributed by atoms with Crippen LogP contribution in [0.5, 0.6) is 0 Å². The Hall–Kier alpha value is -1.82. The van der Waals surface area contributed by atoms with E-state index in [2.05, 4.69) is 4.74 Å². The van der Waals surface area contributed by atoms with E-state index in [4.69, 9.17) is 4.74 Å². The van der Waals surface area contributed by atoms with Gasteiger partial charge in [-0.2, -0.15) is 13.2 Å². The lowest BCUT2D eigenvalue weighted by Crippen LogP contribution is -2.25. The molecular formula is C15H15F3O3. The predicted octanol–water partition coefficient (Wildman–Crippen LogP) is 3.92. The highest BCUT2D eigenvalue weighted by atomic mass is 19.4. The summed E-state index contributed by atoms with van der Waals surface area (Å²) < 4.78 is 49.4. The van der Waals surface area contributed by atoms with Crippen molar-refractivity contribution in [3.8, 4) is 0 Å². The van der Waals surface area contributed by atoms with Gasteiger partial charge in [0.15, 0.2) is 0 Å². The van der Waals surface area contributed by atoms with Crippen molar-refractivity contribution < 1.29 is 27.4 Å². The third-order valence-electron chi connectivity index (χ3n) is 3.09. The molecular weight excluding hydrogens is 285 g/mol. The molecule has 1 aromatic carbocycles. The molecule has 1 aliphatic rings. The summed E-state index contributed by atoms with van der Waals surface area (Å²) in [5, 5.41) is 0. The Morgan fingerprint density at radius 2 is 1.95 bits per heavy atom. The molecule has 6 heteroatoms. The van der Waals surface area contributed by atoms with Gasteiger partial charge >= 0.3 is 12.1 Å². The van der Waals surface area contributed by atoms with E-state index in [0.29, 0.717) is 18.6 Å². The van der Waals surface area contributed by atoms with Crippen molar-refractivity contribution in [2.45, 2.75) is 32.0 Å². The fourth-order valence-corrected chi connectivity index (χ4v) is 2.30. The standard InChI is InChI=1S/C15H15F3O3/c1-10(19)21-14(15(16,17)18)12-8-5-9-20-13(12)11-6-3-2-4-7-11/h2-4,6-7,13H,5,8-9H2,1H3/b14-12-. The van der Waals surface area contributed by atoms with Crippen LogP contribution in [-0.2, 0) is 14.3 Å². The summed E-state index contributed by atoms with van der Waals surface area (Å²) in [4.78, 5) is 11.0. The second-order valence-electron chi connectivity index (χ2n) is 4.71. The normalized spacial score (nSPS) is 21.8. The molecule has 0 spiro atoms. The molecule has 21 heavy (non-hydrogen) atoms. The average molecular weight is 300 g/mol. The molecule has 0 N–H and O–H groups in total. The second-order valence-corrected chi connectivity index (χ2v) is 4.71. The molecule has 1 aliphatic heterocycles. The van der Waals surface area contributed by atoms with Crippen molar-refractivity contribution >= 4 is 5.97 Å². The molecule has 1 unspecified atom stereocenters. The van der Waals surface area contributed by atoms with E-state index in [1.54, 1.807) is 30.3 Å². The number of benzene rings is 1. The van der Waals surface area contributed by atoms with E-state index in [1.807, 2.05) is 0 Å². The Labute approximate surface area is 120 Å². The smallest absolute Gasteiger partial charge is 0.421 e. The number of carbonyl (C=O) groups is 1. The Balaban J connectivity index is 2.47. The van der Waals surface area contributed by atoms with Crippen molar-refractivity contribution in [1.82, 2.24) is 0 Å². The van der Waals surface area contributed by atoms with E-state index in [9.17, 15) is 18.0 Å². The van der Waals surface area contributed by atoms with Gasteiger partial charge in [0.1, 0.15) is 6.10 Å². The van der Waals surface area contributed by atoms with Crippen molar-refractivity contribution in [3.63, 3.8) is 0 Å². The summed E-state index contributed by atoms with van der Waals surface area (Å²) >= 11 is 0. The van der Waals surface area contributed by atoms with Gasteiger partial charge in [-0.15, -0.1) is 0 Å². The SMILES string of the molecule is CC(=O)O/C(=C1/CCCOC1c1ccccc1)C(F)(F)F. The zero-order valence-electron chi connectivity index (χ0n) is 11.4. The van der Waals surface area contributed by atoms with Gasteiger partial charge < -0.3 is 9.47 Å². The van der Waals surface area contributed by atoms with E-state index in [1.165, 1.54) is 0 Å². The van der Waals surface area contributed by atoms with Crippen LogP contribution in [0.1, 0.15) is 31.4 Å². The zero-order valence-corrected chi connectivity index (χ0v) is 11.4. The van der Waals surface area contributed by atoms with E-state index in [-0.39, 0.29) is 12.0 Å². The van der Waals surface area contributed by atoms with Gasteiger partial charge in [0.05, 0.1) is 0 Å². The number of rotatable bonds is 2. The summed E-state index contributed by atoms with van der Waals surface area (Å²) in [7, 11) is 0. The maximum atomic E-state index is 13.2. The molecule has 1 heterocycles. The Kier molecular flexibility index (Phi) is 4.67. The molecule has 1 atom stereocenters. The summed E-state index contributed by atoms with van der Waals surface area (Å²) in [6.45, 7) is 1.32. The van der Waals surface area contributed by atoms with Crippen molar-refractivity contribution in [2.75, 3.05) is 6.61 Å². The van der Waals surface area contributed by atoms with Crippen LogP contribution in [0.4, 0.5) is 13.2 Å². The molecule has 0 radical (unpaired) electrons. The van der Waals surface area contributed by atoms with Crippen LogP contribution in [0, 0.1) is 0 Å². The molecule has 0 aliphatic carbocycles. The van der Waals surface area contributed by atoms with E-state index >= 15 is 0 Å². The zero-order chi connectivity index (χ0) is 15.5. The number of hydrogen-bond acceptors (Lipinski definition) is 3. The van der Waals surface area contributed by atoms with Gasteiger partial charge in [-0.05, 0) is 18.4 Å². The molecule has 0 bridgehead atoms. The number of halogens is 3. The summed E-state index contributed by atoms with van der Waals surface area (Å²) in [6, 6.07) is 8.61. The lowest BCUT2D eigenvalue weighted by Gasteiger charge is -2.29. The lowest BCUT2D eigenvalue weighted by atomic mass is 9.94. The minimum Gasteiger partial charge on any atom is -0.421 e. The van der Waals surface area contributed by atoms with Crippen LogP contribution in [0.2, 0.25) is 0 Å². The first-order chi connectivity index (χ1) is 9.89. The number of allylic oxidation sites excluding steroid dienone is 1. The highest BCUT2D eigenvalue weighted by molar-refractivity contribution is 5.67. The summed E-state index contributed by atoms with van der Waals surface area (Å²) in [6.07, 6.45) is -4.92. The van der Waals surface area contributed by atoms with Gasteiger partial charge in [-0.3, -0.25) is 4.79 Å². The van der Waals surface area contributed by atoms with Crippen LogP contribution in [0.25, 0.3) is 0 Å². The molecule has 0 aromatic heterocycles. The fraction of sp³-hybridized carbons (Fsp3) is 0.400. The Morgan fingerprint density at radius 3 is 2.52 bits per heavy atom. The molecule has 1 fully saturated rings. The molecule has 2 rings (SSSR count). The second kappa shape index (κ2) is 6.30. The Morgan fingerprint density at radius 1 is 1.29 bits per heavy atom. The number of alkyl halides is 3. The van der Waals surface area contributed by atoms with Gasteiger partial charge in [-0.1, -0.05) is 30.3 Å². The molecule has 114 valence electrons. The predicted molar refractivity (Wildman–Crippen MR) is 69.2 cm³/mol. The van der Waals surface area contributed by atoms with Crippen LogP contribution in [-0.4, -0.2) is 18.8 Å². The van der Waals surface area contributed by atoms with Crippen LogP contribution >= 0.6 is 0 Å². The first-order valence-corrected chi connectivity index (χ1v) is 6.55. The minimum absolute atomic E-state index is 0.0323. The molecule has 1 saturated heterocycles. The van der Waals surface area contributed by atoms with Crippen molar-refractivity contribution in [1.29, 1.82) is 0 Å². The molecule has 1 aromatic rings. The molecule has 0 saturated carbocycles. The van der Waals surface area contributed by atoms with Gasteiger partial charge in [0.2, 0.25) is 5.76 Å². The van der Waals surface area contributed by atoms with Crippen LogP contribution in [0.3, 0.4) is 0 Å². The van der Waals surface area contributed by atoms with Crippen molar-refractivity contribution in [3.05, 3.63) is 47.2 Å². The van der Waals surface area contributed by atoms with Gasteiger partial charge in [0, 0.05) is 19.1 Å². The number of ether oxygens (including phenoxy) is 2. The number of hydrogen-bond donors (Lipinski definition) is 0. The summed E-state index contributed by atoms with van der Waals surface area (Å²) in [5.41, 5.74) is 0.580. The van der Waals surface area contributed by atoms with Crippen molar-refractivity contribution in [2.24, 2.45) is 0 Å². The Bertz CT molecular complexity index is 535. The third kappa shape index (κ3) is 3.85. The average Bonchev–Trinajstić information content (AvgIpc) is 2.44. The molecule has 0 amide bonds. The maximum absolute atomic E-state index is 13.2. The maximum Gasteiger partial charge on any atom is 0.449 e. The highest BCUT2D eigenvalue weighted by Crippen LogP contribution is 2.40. The minimum atomic E-state index is -4.73. The summed E-state index contributed by atoms with van der Waals surface area (Å²) in [5.74, 6) is -2.24. The van der Waals surface area contributed by atoms with E-state index in [0.717, 1.165) is 6.92 Å². The first kappa shape index (κ1) is 15.6. The largest absolute Gasteiger partial charge is 0.449 e.